The number of phenolic OH excluding ortho intramolecular Hbond substituents is 1. The molecule has 3 N–H and O–H groups in total. The van der Waals surface area contributed by atoms with E-state index in [0.717, 1.165) is 24.2 Å². The van der Waals surface area contributed by atoms with Gasteiger partial charge in [-0.2, -0.15) is 0 Å². The zero-order valence-corrected chi connectivity index (χ0v) is 11.2. The van der Waals surface area contributed by atoms with E-state index in [-0.39, 0.29) is 11.8 Å². The standard InChI is InChI=1S/C13H18N2O2S/c1-9-2-3-11(16)10(8-9)12(13(14)18)15-4-6-17-7-5-15/h2-3,8,12,16H,4-7H2,1H3,(H2,14,18). The molecule has 1 heterocycles. The number of benzene rings is 1. The lowest BCUT2D eigenvalue weighted by atomic mass is 10.0. The van der Waals surface area contributed by atoms with Crippen molar-refractivity contribution < 1.29 is 9.84 Å². The first-order valence-corrected chi connectivity index (χ1v) is 6.41. The van der Waals surface area contributed by atoms with Gasteiger partial charge in [0.1, 0.15) is 5.75 Å². The first kappa shape index (κ1) is 13.3. The van der Waals surface area contributed by atoms with Gasteiger partial charge in [-0.1, -0.05) is 29.9 Å². The molecule has 0 saturated carbocycles. The molecule has 1 aromatic rings. The van der Waals surface area contributed by atoms with Crippen LogP contribution >= 0.6 is 12.2 Å². The first-order valence-electron chi connectivity index (χ1n) is 6.00. The number of hydrogen-bond acceptors (Lipinski definition) is 4. The zero-order valence-electron chi connectivity index (χ0n) is 10.4. The number of phenols is 1. The smallest absolute Gasteiger partial charge is 0.120 e. The van der Waals surface area contributed by atoms with Gasteiger partial charge in [0, 0.05) is 18.7 Å². The summed E-state index contributed by atoms with van der Waals surface area (Å²) in [7, 11) is 0. The highest BCUT2D eigenvalue weighted by molar-refractivity contribution is 7.80. The third-order valence-electron chi connectivity index (χ3n) is 3.16. The molecule has 1 fully saturated rings. The lowest BCUT2D eigenvalue weighted by Crippen LogP contribution is -2.43. The van der Waals surface area contributed by atoms with Gasteiger partial charge in [0.15, 0.2) is 0 Å². The summed E-state index contributed by atoms with van der Waals surface area (Å²) >= 11 is 5.17. The van der Waals surface area contributed by atoms with Crippen molar-refractivity contribution in [3.63, 3.8) is 0 Å². The van der Waals surface area contributed by atoms with Crippen LogP contribution in [0.4, 0.5) is 0 Å². The second kappa shape index (κ2) is 5.65. The minimum atomic E-state index is -0.219. The topological polar surface area (TPSA) is 58.7 Å². The lowest BCUT2D eigenvalue weighted by Gasteiger charge is -2.34. The van der Waals surface area contributed by atoms with E-state index in [1.807, 2.05) is 19.1 Å². The molecule has 0 radical (unpaired) electrons. The summed E-state index contributed by atoms with van der Waals surface area (Å²) in [6.45, 7) is 4.88. The van der Waals surface area contributed by atoms with Crippen LogP contribution in [0.15, 0.2) is 18.2 Å². The Hall–Kier alpha value is -1.17. The minimum Gasteiger partial charge on any atom is -0.508 e. The molecule has 1 aliphatic rings. The Morgan fingerprint density at radius 3 is 2.72 bits per heavy atom. The molecule has 1 unspecified atom stereocenters. The molecule has 0 aromatic heterocycles. The molecule has 1 aliphatic heterocycles. The minimum absolute atomic E-state index is 0.219. The number of nitrogens with two attached hydrogens (primary N) is 1. The summed E-state index contributed by atoms with van der Waals surface area (Å²) in [5.74, 6) is 0.241. The summed E-state index contributed by atoms with van der Waals surface area (Å²) in [5, 5.41) is 10.0. The number of morpholine rings is 1. The van der Waals surface area contributed by atoms with Crippen LogP contribution in [0, 0.1) is 6.92 Å². The van der Waals surface area contributed by atoms with E-state index in [1.165, 1.54) is 0 Å². The molecule has 1 aromatic carbocycles. The van der Waals surface area contributed by atoms with Gasteiger partial charge >= 0.3 is 0 Å². The highest BCUT2D eigenvalue weighted by Crippen LogP contribution is 2.30. The van der Waals surface area contributed by atoms with Crippen LogP contribution in [0.25, 0.3) is 0 Å². The lowest BCUT2D eigenvalue weighted by molar-refractivity contribution is 0.0285. The number of hydrogen-bond donors (Lipinski definition) is 2. The Bertz CT molecular complexity index is 445. The van der Waals surface area contributed by atoms with Gasteiger partial charge in [-0.3, -0.25) is 4.90 Å². The molecule has 5 heteroatoms. The van der Waals surface area contributed by atoms with Gasteiger partial charge in [-0.25, -0.2) is 0 Å². The number of aromatic hydroxyl groups is 1. The van der Waals surface area contributed by atoms with E-state index in [2.05, 4.69) is 4.90 Å². The predicted molar refractivity (Wildman–Crippen MR) is 74.8 cm³/mol. The number of nitrogens with zero attached hydrogens (tertiary/aromatic N) is 1. The van der Waals surface area contributed by atoms with Crippen molar-refractivity contribution in [2.45, 2.75) is 13.0 Å². The van der Waals surface area contributed by atoms with Gasteiger partial charge in [0.2, 0.25) is 0 Å². The van der Waals surface area contributed by atoms with E-state index in [1.54, 1.807) is 6.07 Å². The third kappa shape index (κ3) is 2.80. The molecule has 2 rings (SSSR count). The van der Waals surface area contributed by atoms with E-state index in [9.17, 15) is 5.11 Å². The maximum Gasteiger partial charge on any atom is 0.120 e. The fourth-order valence-electron chi connectivity index (χ4n) is 2.26. The Morgan fingerprint density at radius 1 is 1.44 bits per heavy atom. The van der Waals surface area contributed by atoms with Crippen LogP contribution in [-0.2, 0) is 4.74 Å². The van der Waals surface area contributed by atoms with E-state index in [0.29, 0.717) is 18.2 Å². The Labute approximate surface area is 112 Å². The van der Waals surface area contributed by atoms with Crippen LogP contribution in [-0.4, -0.2) is 41.3 Å². The average molecular weight is 266 g/mol. The van der Waals surface area contributed by atoms with Crippen LogP contribution in [0.5, 0.6) is 5.75 Å². The van der Waals surface area contributed by atoms with Gasteiger partial charge in [-0.15, -0.1) is 0 Å². The van der Waals surface area contributed by atoms with Crippen molar-refractivity contribution in [1.82, 2.24) is 4.90 Å². The SMILES string of the molecule is Cc1ccc(O)c(C(C(N)=S)N2CCOCC2)c1. The normalized spacial score (nSPS) is 18.5. The molecule has 1 saturated heterocycles. The van der Waals surface area contributed by atoms with E-state index < -0.39 is 0 Å². The monoisotopic (exact) mass is 266 g/mol. The van der Waals surface area contributed by atoms with Crippen LogP contribution in [0.2, 0.25) is 0 Å². The molecule has 0 aliphatic carbocycles. The zero-order chi connectivity index (χ0) is 13.1. The Kier molecular flexibility index (Phi) is 4.16. The van der Waals surface area contributed by atoms with Crippen LogP contribution < -0.4 is 5.73 Å². The van der Waals surface area contributed by atoms with Gasteiger partial charge in [0.05, 0.1) is 24.2 Å². The second-order valence-electron chi connectivity index (χ2n) is 4.52. The maximum atomic E-state index is 10.0. The highest BCUT2D eigenvalue weighted by atomic mass is 32.1. The van der Waals surface area contributed by atoms with Crippen molar-refractivity contribution in [2.24, 2.45) is 5.73 Å². The molecular weight excluding hydrogens is 248 g/mol. The number of rotatable bonds is 3. The summed E-state index contributed by atoms with van der Waals surface area (Å²) in [4.78, 5) is 2.54. The Balaban J connectivity index is 2.34. The Morgan fingerprint density at radius 2 is 2.11 bits per heavy atom. The summed E-state index contributed by atoms with van der Waals surface area (Å²) < 4.78 is 5.33. The third-order valence-corrected chi connectivity index (χ3v) is 3.38. The summed E-state index contributed by atoms with van der Waals surface area (Å²) in [5.41, 5.74) is 7.72. The van der Waals surface area contributed by atoms with Crippen molar-refractivity contribution in [3.05, 3.63) is 29.3 Å². The molecule has 0 spiro atoms. The maximum absolute atomic E-state index is 10.0. The molecule has 0 bridgehead atoms. The van der Waals surface area contributed by atoms with E-state index in [4.69, 9.17) is 22.7 Å². The fourth-order valence-corrected chi connectivity index (χ4v) is 2.53. The van der Waals surface area contributed by atoms with E-state index >= 15 is 0 Å². The molecular formula is C13H18N2O2S. The fraction of sp³-hybridized carbons (Fsp3) is 0.462. The van der Waals surface area contributed by atoms with Crippen LogP contribution in [0.3, 0.4) is 0 Å². The van der Waals surface area contributed by atoms with Crippen molar-refractivity contribution >= 4 is 17.2 Å². The van der Waals surface area contributed by atoms with Gasteiger partial charge < -0.3 is 15.6 Å². The first-order chi connectivity index (χ1) is 8.59. The van der Waals surface area contributed by atoms with Crippen molar-refractivity contribution in [3.8, 4) is 5.75 Å². The predicted octanol–water partition coefficient (Wildman–Crippen LogP) is 1.36. The quantitative estimate of drug-likeness (QED) is 0.809. The van der Waals surface area contributed by atoms with Crippen molar-refractivity contribution in [2.75, 3.05) is 26.3 Å². The molecule has 0 amide bonds. The average Bonchev–Trinajstić information content (AvgIpc) is 2.35. The highest BCUT2D eigenvalue weighted by Gasteiger charge is 2.27. The van der Waals surface area contributed by atoms with Crippen LogP contribution in [0.1, 0.15) is 17.2 Å². The number of aryl methyl sites for hydroxylation is 1. The summed E-state index contributed by atoms with van der Waals surface area (Å²) in [6, 6.07) is 5.28. The largest absolute Gasteiger partial charge is 0.508 e. The summed E-state index contributed by atoms with van der Waals surface area (Å²) in [6.07, 6.45) is 0. The molecule has 98 valence electrons. The van der Waals surface area contributed by atoms with Crippen molar-refractivity contribution in [1.29, 1.82) is 0 Å². The second-order valence-corrected chi connectivity index (χ2v) is 4.99. The number of thiocarbonyl (C=S) groups is 1. The van der Waals surface area contributed by atoms with Gasteiger partial charge in [0.25, 0.3) is 0 Å². The number of ether oxygens (including phenoxy) is 1. The molecule has 1 atom stereocenters. The molecule has 18 heavy (non-hydrogen) atoms. The van der Waals surface area contributed by atoms with Gasteiger partial charge in [-0.05, 0) is 13.0 Å². The molecule has 4 nitrogen and oxygen atoms in total.